The number of benzene rings is 1. The van der Waals surface area contributed by atoms with Gasteiger partial charge in [-0.25, -0.2) is 4.79 Å². The molecule has 0 atom stereocenters. The van der Waals surface area contributed by atoms with Gasteiger partial charge in [-0.1, -0.05) is 43.6 Å². The van der Waals surface area contributed by atoms with Gasteiger partial charge in [-0.15, -0.1) is 0 Å². The standard InChI is InChI=1S/C13H17BrO2/c1-7(2)10-5-9(14)6-11(8(3)4)12(10)13(15)16/h5-8H,1-4H3,(H,15,16). The van der Waals surface area contributed by atoms with E-state index in [1.807, 2.05) is 39.8 Å². The molecule has 2 nitrogen and oxygen atoms in total. The maximum atomic E-state index is 11.3. The molecule has 0 unspecified atom stereocenters. The first kappa shape index (κ1) is 13.2. The molecule has 0 aliphatic carbocycles. The molecule has 0 bridgehead atoms. The molecule has 1 aromatic rings. The van der Waals surface area contributed by atoms with Crippen molar-refractivity contribution < 1.29 is 9.90 Å². The molecule has 3 heteroatoms. The van der Waals surface area contributed by atoms with E-state index in [-0.39, 0.29) is 11.8 Å². The molecule has 88 valence electrons. The molecule has 16 heavy (non-hydrogen) atoms. The smallest absolute Gasteiger partial charge is 0.336 e. The van der Waals surface area contributed by atoms with E-state index in [4.69, 9.17) is 0 Å². The van der Waals surface area contributed by atoms with Crippen LogP contribution in [0.5, 0.6) is 0 Å². The highest BCUT2D eigenvalue weighted by atomic mass is 79.9. The summed E-state index contributed by atoms with van der Waals surface area (Å²) in [5.41, 5.74) is 2.25. The second-order valence-corrected chi connectivity index (χ2v) is 5.49. The second-order valence-electron chi connectivity index (χ2n) is 4.57. The van der Waals surface area contributed by atoms with Crippen LogP contribution in [0.15, 0.2) is 16.6 Å². The third kappa shape index (κ3) is 2.64. The number of aromatic carboxylic acids is 1. The highest BCUT2D eigenvalue weighted by molar-refractivity contribution is 9.10. The lowest BCUT2D eigenvalue weighted by atomic mass is 9.89. The van der Waals surface area contributed by atoms with E-state index in [2.05, 4.69) is 15.9 Å². The summed E-state index contributed by atoms with van der Waals surface area (Å²) >= 11 is 3.44. The zero-order chi connectivity index (χ0) is 12.5. The van der Waals surface area contributed by atoms with Crippen molar-refractivity contribution in [2.24, 2.45) is 0 Å². The van der Waals surface area contributed by atoms with E-state index in [1.165, 1.54) is 0 Å². The Hall–Kier alpha value is -0.830. The Kier molecular flexibility index (Phi) is 4.14. The topological polar surface area (TPSA) is 37.3 Å². The van der Waals surface area contributed by atoms with Crippen LogP contribution in [0.1, 0.15) is 61.0 Å². The van der Waals surface area contributed by atoms with Gasteiger partial charge in [0.2, 0.25) is 0 Å². The third-order valence-corrected chi connectivity index (χ3v) is 3.08. The fraction of sp³-hybridized carbons (Fsp3) is 0.462. The quantitative estimate of drug-likeness (QED) is 0.894. The Morgan fingerprint density at radius 2 is 1.50 bits per heavy atom. The van der Waals surface area contributed by atoms with Gasteiger partial charge < -0.3 is 5.11 Å². The molecule has 0 saturated carbocycles. The summed E-state index contributed by atoms with van der Waals surface area (Å²) in [4.78, 5) is 11.3. The van der Waals surface area contributed by atoms with Gasteiger partial charge in [-0.2, -0.15) is 0 Å². The van der Waals surface area contributed by atoms with Gasteiger partial charge in [0.1, 0.15) is 0 Å². The van der Waals surface area contributed by atoms with Crippen molar-refractivity contribution in [3.8, 4) is 0 Å². The monoisotopic (exact) mass is 284 g/mol. The van der Waals surface area contributed by atoms with Gasteiger partial charge in [0.05, 0.1) is 5.56 Å². The molecule has 1 N–H and O–H groups in total. The molecule has 1 rings (SSSR count). The lowest BCUT2D eigenvalue weighted by Crippen LogP contribution is -2.09. The zero-order valence-electron chi connectivity index (χ0n) is 10.0. The van der Waals surface area contributed by atoms with Crippen molar-refractivity contribution in [1.82, 2.24) is 0 Å². The van der Waals surface area contributed by atoms with Crippen LogP contribution < -0.4 is 0 Å². The molecule has 0 amide bonds. The average Bonchev–Trinajstić information content (AvgIpc) is 2.15. The first-order chi connectivity index (χ1) is 7.34. The molecular weight excluding hydrogens is 268 g/mol. The van der Waals surface area contributed by atoms with E-state index in [0.717, 1.165) is 15.6 Å². The molecule has 1 aromatic carbocycles. The number of carboxylic acids is 1. The summed E-state index contributed by atoms with van der Waals surface area (Å²) < 4.78 is 0.949. The van der Waals surface area contributed by atoms with E-state index >= 15 is 0 Å². The minimum absolute atomic E-state index is 0.209. The Labute approximate surface area is 105 Å². The number of hydrogen-bond acceptors (Lipinski definition) is 1. The minimum atomic E-state index is -0.833. The van der Waals surface area contributed by atoms with Crippen molar-refractivity contribution in [1.29, 1.82) is 0 Å². The molecule has 0 fully saturated rings. The fourth-order valence-electron chi connectivity index (χ4n) is 1.81. The van der Waals surface area contributed by atoms with Crippen LogP contribution in [0.3, 0.4) is 0 Å². The molecule has 0 saturated heterocycles. The van der Waals surface area contributed by atoms with Gasteiger partial charge in [0.25, 0.3) is 0 Å². The van der Waals surface area contributed by atoms with Gasteiger partial charge in [0, 0.05) is 4.47 Å². The summed E-state index contributed by atoms with van der Waals surface area (Å²) in [5.74, 6) is -0.415. The summed E-state index contributed by atoms with van der Waals surface area (Å²) in [6.45, 7) is 8.05. The van der Waals surface area contributed by atoms with E-state index in [0.29, 0.717) is 5.56 Å². The van der Waals surface area contributed by atoms with Gasteiger partial charge in [-0.05, 0) is 35.1 Å². The van der Waals surface area contributed by atoms with Crippen LogP contribution in [0.2, 0.25) is 0 Å². The maximum Gasteiger partial charge on any atom is 0.336 e. The van der Waals surface area contributed by atoms with Crippen LogP contribution in [0, 0.1) is 0 Å². The van der Waals surface area contributed by atoms with Crippen LogP contribution in [0.4, 0.5) is 0 Å². The number of hydrogen-bond donors (Lipinski definition) is 1. The molecule has 0 radical (unpaired) electrons. The maximum absolute atomic E-state index is 11.3. The summed E-state index contributed by atoms with van der Waals surface area (Å²) in [5, 5.41) is 9.32. The molecular formula is C13H17BrO2. The largest absolute Gasteiger partial charge is 0.478 e. The summed E-state index contributed by atoms with van der Waals surface area (Å²) in [6, 6.07) is 3.81. The first-order valence-electron chi connectivity index (χ1n) is 5.41. The van der Waals surface area contributed by atoms with Crippen LogP contribution in [-0.2, 0) is 0 Å². The van der Waals surface area contributed by atoms with E-state index in [1.54, 1.807) is 0 Å². The summed E-state index contributed by atoms with van der Waals surface area (Å²) in [6.07, 6.45) is 0. The van der Waals surface area contributed by atoms with E-state index < -0.39 is 5.97 Å². The Balaban J connectivity index is 3.54. The van der Waals surface area contributed by atoms with E-state index in [9.17, 15) is 9.90 Å². The first-order valence-corrected chi connectivity index (χ1v) is 6.20. The SMILES string of the molecule is CC(C)c1cc(Br)cc(C(C)C)c1C(=O)O. The molecule has 0 aromatic heterocycles. The zero-order valence-corrected chi connectivity index (χ0v) is 11.6. The minimum Gasteiger partial charge on any atom is -0.478 e. The highest BCUT2D eigenvalue weighted by Crippen LogP contribution is 2.31. The van der Waals surface area contributed by atoms with Crippen LogP contribution in [-0.4, -0.2) is 11.1 Å². The van der Waals surface area contributed by atoms with Crippen LogP contribution in [0.25, 0.3) is 0 Å². The predicted molar refractivity (Wildman–Crippen MR) is 69.3 cm³/mol. The highest BCUT2D eigenvalue weighted by Gasteiger charge is 2.20. The molecule has 0 aliphatic rings. The van der Waals surface area contributed by atoms with Crippen LogP contribution >= 0.6 is 15.9 Å². The fourth-order valence-corrected chi connectivity index (χ4v) is 2.30. The Morgan fingerprint density at radius 1 is 1.12 bits per heavy atom. The van der Waals surface area contributed by atoms with Gasteiger partial charge in [-0.3, -0.25) is 0 Å². The van der Waals surface area contributed by atoms with Gasteiger partial charge in [0.15, 0.2) is 0 Å². The number of carboxylic acid groups (broad SMARTS) is 1. The number of halogens is 1. The van der Waals surface area contributed by atoms with Crippen molar-refractivity contribution in [2.75, 3.05) is 0 Å². The lowest BCUT2D eigenvalue weighted by molar-refractivity contribution is 0.0693. The number of carbonyl (C=O) groups is 1. The van der Waals surface area contributed by atoms with Crippen molar-refractivity contribution in [2.45, 2.75) is 39.5 Å². The Bertz CT molecular complexity index is 379. The Morgan fingerprint density at radius 3 is 1.75 bits per heavy atom. The molecule has 0 aliphatic heterocycles. The van der Waals surface area contributed by atoms with Crippen molar-refractivity contribution >= 4 is 21.9 Å². The lowest BCUT2D eigenvalue weighted by Gasteiger charge is -2.17. The molecule has 0 heterocycles. The number of rotatable bonds is 3. The molecule has 0 spiro atoms. The van der Waals surface area contributed by atoms with Crippen molar-refractivity contribution in [3.05, 3.63) is 33.3 Å². The van der Waals surface area contributed by atoms with Crippen molar-refractivity contribution in [3.63, 3.8) is 0 Å². The third-order valence-electron chi connectivity index (χ3n) is 2.62. The summed E-state index contributed by atoms with van der Waals surface area (Å²) in [7, 11) is 0. The second kappa shape index (κ2) is 5.00. The van der Waals surface area contributed by atoms with Gasteiger partial charge >= 0.3 is 5.97 Å². The predicted octanol–water partition coefficient (Wildman–Crippen LogP) is 4.39. The normalized spacial score (nSPS) is 11.2. The average molecular weight is 285 g/mol.